The minimum atomic E-state index is 0.0400. The highest BCUT2D eigenvalue weighted by atomic mass is 32.1. The highest BCUT2D eigenvalue weighted by molar-refractivity contribution is 7.71. The summed E-state index contributed by atoms with van der Waals surface area (Å²) in [5, 5.41) is 9.76. The number of allylic oxidation sites excluding steroid dienone is 2. The lowest BCUT2D eigenvalue weighted by Crippen LogP contribution is -2.27. The lowest BCUT2D eigenvalue weighted by Gasteiger charge is -2.05. The van der Waals surface area contributed by atoms with Crippen LogP contribution in [0.1, 0.15) is 33.5 Å². The SMILES string of the molecule is CC(C)=C[C@@H]1[C@H](C(=O)NCc2n[nH]c(=S)n2C)C1(C)C. The molecule has 20 heavy (non-hydrogen) atoms. The van der Waals surface area contributed by atoms with Crippen LogP contribution in [0.15, 0.2) is 11.6 Å². The van der Waals surface area contributed by atoms with Crippen LogP contribution in [-0.2, 0) is 18.4 Å². The molecule has 1 heterocycles. The van der Waals surface area contributed by atoms with Gasteiger partial charge in [-0.1, -0.05) is 25.5 Å². The average molecular weight is 294 g/mol. The number of hydrogen-bond acceptors (Lipinski definition) is 3. The van der Waals surface area contributed by atoms with Crippen LogP contribution in [0.5, 0.6) is 0 Å². The molecule has 0 bridgehead atoms. The number of aromatic amines is 1. The van der Waals surface area contributed by atoms with E-state index in [1.807, 2.05) is 7.05 Å². The Kier molecular flexibility index (Phi) is 3.86. The maximum absolute atomic E-state index is 12.3. The van der Waals surface area contributed by atoms with E-state index in [1.54, 1.807) is 4.57 Å². The lowest BCUT2D eigenvalue weighted by molar-refractivity contribution is -0.123. The van der Waals surface area contributed by atoms with Crippen molar-refractivity contribution < 1.29 is 4.79 Å². The van der Waals surface area contributed by atoms with Gasteiger partial charge in [0.15, 0.2) is 10.6 Å². The van der Waals surface area contributed by atoms with Crippen molar-refractivity contribution >= 4 is 18.1 Å². The Morgan fingerprint density at radius 3 is 2.70 bits per heavy atom. The smallest absolute Gasteiger partial charge is 0.224 e. The Balaban J connectivity index is 1.98. The summed E-state index contributed by atoms with van der Waals surface area (Å²) in [6.07, 6.45) is 2.19. The first-order valence-electron chi connectivity index (χ1n) is 6.78. The fourth-order valence-corrected chi connectivity index (χ4v) is 2.81. The number of H-pyrrole nitrogens is 1. The van der Waals surface area contributed by atoms with E-state index in [1.165, 1.54) is 5.57 Å². The van der Waals surface area contributed by atoms with Crippen LogP contribution in [0.25, 0.3) is 0 Å². The first-order chi connectivity index (χ1) is 9.25. The molecule has 1 amide bonds. The van der Waals surface area contributed by atoms with Crippen LogP contribution >= 0.6 is 12.2 Å². The molecule has 110 valence electrons. The summed E-state index contributed by atoms with van der Waals surface area (Å²) in [5.74, 6) is 1.20. The van der Waals surface area contributed by atoms with Crippen molar-refractivity contribution in [1.29, 1.82) is 0 Å². The third-order valence-electron chi connectivity index (χ3n) is 4.10. The van der Waals surface area contributed by atoms with Crippen molar-refractivity contribution in [2.45, 2.75) is 34.2 Å². The van der Waals surface area contributed by atoms with E-state index in [0.717, 1.165) is 5.82 Å². The first-order valence-corrected chi connectivity index (χ1v) is 7.19. The quantitative estimate of drug-likeness (QED) is 0.662. The number of rotatable bonds is 4. The van der Waals surface area contributed by atoms with E-state index in [-0.39, 0.29) is 17.2 Å². The van der Waals surface area contributed by atoms with Gasteiger partial charge in [-0.25, -0.2) is 0 Å². The highest BCUT2D eigenvalue weighted by Crippen LogP contribution is 2.59. The van der Waals surface area contributed by atoms with E-state index in [9.17, 15) is 4.79 Å². The van der Waals surface area contributed by atoms with E-state index in [2.05, 4.69) is 49.3 Å². The zero-order chi connectivity index (χ0) is 15.1. The topological polar surface area (TPSA) is 62.7 Å². The van der Waals surface area contributed by atoms with Crippen molar-refractivity contribution in [3.63, 3.8) is 0 Å². The van der Waals surface area contributed by atoms with Gasteiger partial charge >= 0.3 is 0 Å². The number of aromatic nitrogens is 3. The Labute approximate surface area is 124 Å². The number of nitrogens with zero attached hydrogens (tertiary/aromatic N) is 2. The molecule has 0 unspecified atom stereocenters. The van der Waals surface area contributed by atoms with E-state index in [4.69, 9.17) is 12.2 Å². The Morgan fingerprint density at radius 1 is 1.55 bits per heavy atom. The minimum absolute atomic E-state index is 0.0400. The molecule has 0 aliphatic heterocycles. The van der Waals surface area contributed by atoms with Gasteiger partial charge in [0.2, 0.25) is 5.91 Å². The van der Waals surface area contributed by atoms with Crippen molar-refractivity contribution in [3.05, 3.63) is 22.2 Å². The van der Waals surface area contributed by atoms with Crippen LogP contribution in [0, 0.1) is 22.0 Å². The van der Waals surface area contributed by atoms with Crippen LogP contribution in [0.4, 0.5) is 0 Å². The molecule has 1 aliphatic carbocycles. The summed E-state index contributed by atoms with van der Waals surface area (Å²) in [7, 11) is 1.83. The average Bonchev–Trinajstić information content (AvgIpc) is 2.71. The van der Waals surface area contributed by atoms with Gasteiger partial charge < -0.3 is 9.88 Å². The third-order valence-corrected chi connectivity index (χ3v) is 4.46. The van der Waals surface area contributed by atoms with Crippen LogP contribution in [0.3, 0.4) is 0 Å². The molecule has 1 saturated carbocycles. The first kappa shape index (κ1) is 15.0. The number of amides is 1. The highest BCUT2D eigenvalue weighted by Gasteiger charge is 2.60. The van der Waals surface area contributed by atoms with Gasteiger partial charge in [0.1, 0.15) is 0 Å². The fourth-order valence-electron chi connectivity index (χ4n) is 2.66. The maximum Gasteiger partial charge on any atom is 0.224 e. The molecule has 0 radical (unpaired) electrons. The number of carbonyl (C=O) groups is 1. The Bertz CT molecular complexity index is 607. The zero-order valence-electron chi connectivity index (χ0n) is 12.7. The predicted octanol–water partition coefficient (Wildman–Crippen LogP) is 2.33. The summed E-state index contributed by atoms with van der Waals surface area (Å²) in [5.41, 5.74) is 1.30. The molecule has 0 spiro atoms. The van der Waals surface area contributed by atoms with Gasteiger partial charge in [0.25, 0.3) is 0 Å². The van der Waals surface area contributed by atoms with Gasteiger partial charge in [0, 0.05) is 7.05 Å². The second-order valence-electron chi connectivity index (χ2n) is 6.29. The van der Waals surface area contributed by atoms with Crippen LogP contribution < -0.4 is 5.32 Å². The minimum Gasteiger partial charge on any atom is -0.349 e. The molecule has 0 saturated heterocycles. The summed E-state index contributed by atoms with van der Waals surface area (Å²) in [6.45, 7) is 8.81. The molecule has 2 atom stereocenters. The lowest BCUT2D eigenvalue weighted by atomic mass is 10.1. The predicted molar refractivity (Wildman–Crippen MR) is 80.4 cm³/mol. The van der Waals surface area contributed by atoms with Crippen LogP contribution in [0.2, 0.25) is 0 Å². The number of carbonyl (C=O) groups excluding carboxylic acids is 1. The molecule has 6 heteroatoms. The van der Waals surface area contributed by atoms with Crippen molar-refractivity contribution in [2.24, 2.45) is 24.3 Å². The van der Waals surface area contributed by atoms with Gasteiger partial charge in [-0.15, -0.1) is 0 Å². The maximum atomic E-state index is 12.3. The zero-order valence-corrected chi connectivity index (χ0v) is 13.5. The summed E-state index contributed by atoms with van der Waals surface area (Å²) < 4.78 is 2.32. The molecule has 0 aromatic carbocycles. The molecule has 1 aliphatic rings. The van der Waals surface area contributed by atoms with E-state index >= 15 is 0 Å². The second-order valence-corrected chi connectivity index (χ2v) is 6.68. The molecule has 2 rings (SSSR count). The van der Waals surface area contributed by atoms with Gasteiger partial charge in [-0.05, 0) is 37.4 Å². The van der Waals surface area contributed by atoms with Gasteiger partial charge in [-0.3, -0.25) is 9.89 Å². The molecule has 1 aromatic heterocycles. The normalized spacial score (nSPS) is 23.2. The molecule has 5 nitrogen and oxygen atoms in total. The van der Waals surface area contributed by atoms with Gasteiger partial charge in [-0.2, -0.15) is 5.10 Å². The Morgan fingerprint density at radius 2 is 2.20 bits per heavy atom. The largest absolute Gasteiger partial charge is 0.349 e. The molecular formula is C14H22N4OS. The second kappa shape index (κ2) is 5.16. The summed E-state index contributed by atoms with van der Waals surface area (Å²) in [6, 6.07) is 0. The van der Waals surface area contributed by atoms with Crippen LogP contribution in [-0.4, -0.2) is 20.7 Å². The summed E-state index contributed by atoms with van der Waals surface area (Å²) in [4.78, 5) is 12.3. The van der Waals surface area contributed by atoms with Crippen molar-refractivity contribution in [1.82, 2.24) is 20.1 Å². The van der Waals surface area contributed by atoms with Crippen molar-refractivity contribution in [2.75, 3.05) is 0 Å². The number of hydrogen-bond donors (Lipinski definition) is 2. The van der Waals surface area contributed by atoms with E-state index < -0.39 is 0 Å². The van der Waals surface area contributed by atoms with Crippen molar-refractivity contribution in [3.8, 4) is 0 Å². The fraction of sp³-hybridized carbons (Fsp3) is 0.643. The van der Waals surface area contributed by atoms with E-state index in [0.29, 0.717) is 17.2 Å². The molecule has 1 fully saturated rings. The molecule has 1 aromatic rings. The number of nitrogens with one attached hydrogen (secondary N) is 2. The van der Waals surface area contributed by atoms with Gasteiger partial charge in [0.05, 0.1) is 12.5 Å². The Hall–Kier alpha value is -1.43. The molecular weight excluding hydrogens is 272 g/mol. The summed E-state index contributed by atoms with van der Waals surface area (Å²) >= 11 is 5.04. The molecule has 2 N–H and O–H groups in total. The monoisotopic (exact) mass is 294 g/mol. The standard InChI is InChI=1S/C14H22N4OS/c1-8(2)6-9-11(14(9,3)4)12(19)15-7-10-16-17-13(20)18(10)5/h6,9,11H,7H2,1-5H3,(H,15,19)(H,17,20)/t9-,11-/m1/s1. The third kappa shape index (κ3) is 2.70.